The predicted octanol–water partition coefficient (Wildman–Crippen LogP) is 5.00. The standard InChI is InChI=1S/C21H31N3O2S/c1-15(2)11-24(20(25)23-21(4,5)6)12-17-14-27-19(22-17)13-26-18-9-7-8-16(3)10-18/h7-10,14-15H,11-13H2,1-6H3,(H,23,25). The summed E-state index contributed by atoms with van der Waals surface area (Å²) in [6.45, 7) is 13.9. The summed E-state index contributed by atoms with van der Waals surface area (Å²) >= 11 is 1.56. The zero-order chi connectivity index (χ0) is 20.0. The number of urea groups is 1. The van der Waals surface area contributed by atoms with Crippen molar-refractivity contribution < 1.29 is 9.53 Å². The molecule has 0 saturated heterocycles. The van der Waals surface area contributed by atoms with E-state index in [1.165, 1.54) is 5.56 Å². The van der Waals surface area contributed by atoms with Crippen LogP contribution in [0.25, 0.3) is 0 Å². The first kappa shape index (κ1) is 21.2. The number of nitrogens with zero attached hydrogens (tertiary/aromatic N) is 2. The van der Waals surface area contributed by atoms with Crippen molar-refractivity contribution >= 4 is 17.4 Å². The fraction of sp³-hybridized carbons (Fsp3) is 0.524. The van der Waals surface area contributed by atoms with E-state index in [2.05, 4.69) is 24.1 Å². The number of rotatable bonds is 7. The van der Waals surface area contributed by atoms with Gasteiger partial charge in [0.2, 0.25) is 0 Å². The Balaban J connectivity index is 1.98. The molecule has 5 nitrogen and oxygen atoms in total. The van der Waals surface area contributed by atoms with Crippen LogP contribution >= 0.6 is 11.3 Å². The van der Waals surface area contributed by atoms with Gasteiger partial charge < -0.3 is 15.0 Å². The molecular weight excluding hydrogens is 358 g/mol. The number of carbonyl (C=O) groups is 1. The van der Waals surface area contributed by atoms with Crippen molar-refractivity contribution in [2.24, 2.45) is 5.92 Å². The van der Waals surface area contributed by atoms with Crippen LogP contribution in [0, 0.1) is 12.8 Å². The summed E-state index contributed by atoms with van der Waals surface area (Å²) in [5.41, 5.74) is 1.80. The monoisotopic (exact) mass is 389 g/mol. The molecule has 2 aromatic rings. The maximum Gasteiger partial charge on any atom is 0.318 e. The van der Waals surface area contributed by atoms with Gasteiger partial charge in [-0.15, -0.1) is 11.3 Å². The molecule has 0 saturated carbocycles. The second kappa shape index (κ2) is 9.22. The first-order valence-electron chi connectivity index (χ1n) is 9.32. The fourth-order valence-corrected chi connectivity index (χ4v) is 3.29. The Bertz CT molecular complexity index is 750. The molecule has 0 aliphatic carbocycles. The number of nitrogens with one attached hydrogen (secondary N) is 1. The highest BCUT2D eigenvalue weighted by molar-refractivity contribution is 7.09. The van der Waals surface area contributed by atoms with E-state index in [9.17, 15) is 4.79 Å². The molecule has 148 valence electrons. The van der Waals surface area contributed by atoms with Gasteiger partial charge in [-0.3, -0.25) is 0 Å². The minimum absolute atomic E-state index is 0.0539. The van der Waals surface area contributed by atoms with Crippen LogP contribution in [0.1, 0.15) is 50.9 Å². The summed E-state index contributed by atoms with van der Waals surface area (Å²) < 4.78 is 5.82. The molecule has 1 N–H and O–H groups in total. The van der Waals surface area contributed by atoms with E-state index in [0.29, 0.717) is 25.6 Å². The summed E-state index contributed by atoms with van der Waals surface area (Å²) in [4.78, 5) is 19.1. The summed E-state index contributed by atoms with van der Waals surface area (Å²) in [5, 5.41) is 5.96. The van der Waals surface area contributed by atoms with Gasteiger partial charge in [0.15, 0.2) is 0 Å². The zero-order valence-electron chi connectivity index (χ0n) is 17.2. The normalized spacial score (nSPS) is 11.5. The van der Waals surface area contributed by atoms with E-state index in [1.54, 1.807) is 11.3 Å². The largest absolute Gasteiger partial charge is 0.486 e. The molecule has 0 atom stereocenters. The van der Waals surface area contributed by atoms with Gasteiger partial charge in [0.05, 0.1) is 12.2 Å². The van der Waals surface area contributed by atoms with Gasteiger partial charge in [0, 0.05) is 17.5 Å². The number of benzene rings is 1. The van der Waals surface area contributed by atoms with Gasteiger partial charge in [0.1, 0.15) is 17.4 Å². The Morgan fingerprint density at radius 2 is 2.07 bits per heavy atom. The van der Waals surface area contributed by atoms with E-state index in [-0.39, 0.29) is 11.6 Å². The second-order valence-corrected chi connectivity index (χ2v) is 9.23. The lowest BCUT2D eigenvalue weighted by molar-refractivity contribution is 0.178. The minimum Gasteiger partial charge on any atom is -0.486 e. The third kappa shape index (κ3) is 7.59. The van der Waals surface area contributed by atoms with E-state index in [0.717, 1.165) is 16.5 Å². The Morgan fingerprint density at radius 3 is 2.70 bits per heavy atom. The lowest BCUT2D eigenvalue weighted by atomic mass is 10.1. The molecule has 0 fully saturated rings. The number of hydrogen-bond donors (Lipinski definition) is 1. The van der Waals surface area contributed by atoms with Gasteiger partial charge >= 0.3 is 6.03 Å². The maximum atomic E-state index is 12.6. The van der Waals surface area contributed by atoms with Crippen molar-refractivity contribution in [1.82, 2.24) is 15.2 Å². The lowest BCUT2D eigenvalue weighted by Crippen LogP contribution is -2.49. The Hall–Kier alpha value is -2.08. The summed E-state index contributed by atoms with van der Waals surface area (Å²) in [6, 6.07) is 7.93. The number of aryl methyl sites for hydroxylation is 1. The molecule has 0 spiro atoms. The topological polar surface area (TPSA) is 54.5 Å². The highest BCUT2D eigenvalue weighted by Crippen LogP contribution is 2.18. The van der Waals surface area contributed by atoms with Gasteiger partial charge in [-0.1, -0.05) is 26.0 Å². The number of ether oxygens (including phenoxy) is 1. The van der Waals surface area contributed by atoms with Crippen molar-refractivity contribution in [3.8, 4) is 5.75 Å². The van der Waals surface area contributed by atoms with E-state index >= 15 is 0 Å². The smallest absolute Gasteiger partial charge is 0.318 e. The molecule has 27 heavy (non-hydrogen) atoms. The molecular formula is C21H31N3O2S. The first-order chi connectivity index (χ1) is 12.6. The molecule has 0 unspecified atom stereocenters. The highest BCUT2D eigenvalue weighted by Gasteiger charge is 2.21. The van der Waals surface area contributed by atoms with Crippen molar-refractivity contribution in [2.45, 2.75) is 60.2 Å². The van der Waals surface area contributed by atoms with Crippen LogP contribution in [0.15, 0.2) is 29.6 Å². The third-order valence-electron chi connectivity index (χ3n) is 3.66. The van der Waals surface area contributed by atoms with Gasteiger partial charge in [-0.25, -0.2) is 9.78 Å². The van der Waals surface area contributed by atoms with Gasteiger partial charge in [-0.2, -0.15) is 0 Å². The maximum absolute atomic E-state index is 12.6. The Labute approximate surface area is 166 Å². The molecule has 1 heterocycles. The van der Waals surface area contributed by atoms with E-state index in [4.69, 9.17) is 4.74 Å². The van der Waals surface area contributed by atoms with Crippen LogP contribution < -0.4 is 10.1 Å². The molecule has 0 aliphatic heterocycles. The van der Waals surface area contributed by atoms with Gasteiger partial charge in [-0.05, 0) is 51.3 Å². The van der Waals surface area contributed by atoms with Crippen molar-refractivity contribution in [2.75, 3.05) is 6.54 Å². The molecule has 2 rings (SSSR count). The van der Waals surface area contributed by atoms with Gasteiger partial charge in [0.25, 0.3) is 0 Å². The number of thiazole rings is 1. The van der Waals surface area contributed by atoms with Crippen LogP contribution in [-0.4, -0.2) is 28.0 Å². The molecule has 0 bridgehead atoms. The third-order valence-corrected chi connectivity index (χ3v) is 4.53. The van der Waals surface area contributed by atoms with Crippen molar-refractivity contribution in [3.63, 3.8) is 0 Å². The van der Waals surface area contributed by atoms with E-state index < -0.39 is 0 Å². The predicted molar refractivity (Wildman–Crippen MR) is 111 cm³/mol. The molecule has 1 aromatic carbocycles. The summed E-state index contributed by atoms with van der Waals surface area (Å²) in [6.07, 6.45) is 0. The molecule has 0 radical (unpaired) electrons. The van der Waals surface area contributed by atoms with Crippen LogP contribution in [0.4, 0.5) is 4.79 Å². The summed E-state index contributed by atoms with van der Waals surface area (Å²) in [7, 11) is 0. The molecule has 2 amide bonds. The van der Waals surface area contributed by atoms with Crippen molar-refractivity contribution in [1.29, 1.82) is 0 Å². The first-order valence-corrected chi connectivity index (χ1v) is 10.2. The zero-order valence-corrected chi connectivity index (χ0v) is 18.0. The average Bonchev–Trinajstić information content (AvgIpc) is 2.98. The summed E-state index contributed by atoms with van der Waals surface area (Å²) in [5.74, 6) is 1.23. The van der Waals surface area contributed by atoms with Crippen LogP contribution in [0.5, 0.6) is 5.75 Å². The van der Waals surface area contributed by atoms with Crippen LogP contribution in [-0.2, 0) is 13.2 Å². The SMILES string of the molecule is Cc1cccc(OCc2nc(CN(CC(C)C)C(=O)NC(C)(C)C)cs2)c1. The van der Waals surface area contributed by atoms with E-state index in [1.807, 2.05) is 62.2 Å². The molecule has 1 aromatic heterocycles. The molecule has 6 heteroatoms. The quantitative estimate of drug-likeness (QED) is 0.725. The fourth-order valence-electron chi connectivity index (χ4n) is 2.59. The Kier molecular flexibility index (Phi) is 7.25. The van der Waals surface area contributed by atoms with Crippen LogP contribution in [0.2, 0.25) is 0 Å². The highest BCUT2D eigenvalue weighted by atomic mass is 32.1. The Morgan fingerprint density at radius 1 is 1.33 bits per heavy atom. The lowest BCUT2D eigenvalue weighted by Gasteiger charge is -2.29. The number of aromatic nitrogens is 1. The second-order valence-electron chi connectivity index (χ2n) is 8.29. The number of amides is 2. The number of carbonyl (C=O) groups excluding carboxylic acids is 1. The number of hydrogen-bond acceptors (Lipinski definition) is 4. The van der Waals surface area contributed by atoms with Crippen LogP contribution in [0.3, 0.4) is 0 Å². The van der Waals surface area contributed by atoms with Crippen molar-refractivity contribution in [3.05, 3.63) is 45.9 Å². The average molecular weight is 390 g/mol. The molecule has 0 aliphatic rings. The minimum atomic E-state index is -0.263.